The molecular formula is C26H22F4N4O3. The van der Waals surface area contributed by atoms with Crippen molar-refractivity contribution in [2.24, 2.45) is 5.92 Å². The van der Waals surface area contributed by atoms with Crippen molar-refractivity contribution >= 4 is 18.0 Å². The third kappa shape index (κ3) is 6.88. The van der Waals surface area contributed by atoms with E-state index >= 15 is 0 Å². The van der Waals surface area contributed by atoms with Crippen LogP contribution in [0.1, 0.15) is 24.1 Å². The number of piperidine rings is 1. The van der Waals surface area contributed by atoms with Crippen LogP contribution in [-0.4, -0.2) is 46.9 Å². The Hall–Kier alpha value is -4.33. The first-order valence-electron chi connectivity index (χ1n) is 11.4. The Bertz CT molecular complexity index is 1340. The number of aromatic amines is 1. The minimum atomic E-state index is -4.59. The van der Waals surface area contributed by atoms with Gasteiger partial charge in [-0.2, -0.15) is 13.2 Å². The molecule has 0 unspecified atom stereocenters. The number of carbonyl (C=O) groups is 2. The highest BCUT2D eigenvalue weighted by atomic mass is 19.4. The lowest BCUT2D eigenvalue weighted by molar-refractivity contribution is -0.140. The first-order chi connectivity index (χ1) is 17.7. The average Bonchev–Trinajstić information content (AvgIpc) is 3.38. The summed E-state index contributed by atoms with van der Waals surface area (Å²) in [5.41, 5.74) is -0.227. The van der Waals surface area contributed by atoms with Crippen molar-refractivity contribution in [1.82, 2.24) is 14.9 Å². The Morgan fingerprint density at radius 1 is 1.22 bits per heavy atom. The quantitative estimate of drug-likeness (QED) is 0.289. The molecule has 0 aliphatic carbocycles. The second-order valence-corrected chi connectivity index (χ2v) is 8.46. The van der Waals surface area contributed by atoms with Gasteiger partial charge in [-0.1, -0.05) is 12.0 Å². The van der Waals surface area contributed by atoms with Crippen LogP contribution < -0.4 is 10.1 Å². The predicted molar refractivity (Wildman–Crippen MR) is 127 cm³/mol. The number of alkyl halides is 3. The molecule has 1 aromatic heterocycles. The number of benzene rings is 2. The van der Waals surface area contributed by atoms with Crippen LogP contribution in [0.4, 0.5) is 23.2 Å². The number of likely N-dealkylation sites (tertiary alicyclic amines) is 1. The number of ether oxygens (including phenoxy) is 1. The molecule has 11 heteroatoms. The monoisotopic (exact) mass is 514 g/mol. The van der Waals surface area contributed by atoms with Crippen LogP contribution in [0.2, 0.25) is 0 Å². The highest BCUT2D eigenvalue weighted by Gasteiger charge is 2.33. The molecule has 2 aromatic carbocycles. The Kier molecular flexibility index (Phi) is 7.77. The molecule has 1 aliphatic rings. The number of rotatable bonds is 6. The molecule has 0 saturated carbocycles. The first-order valence-corrected chi connectivity index (χ1v) is 11.4. The van der Waals surface area contributed by atoms with Crippen molar-refractivity contribution < 1.29 is 31.9 Å². The zero-order valence-corrected chi connectivity index (χ0v) is 19.4. The lowest BCUT2D eigenvalue weighted by Gasteiger charge is -2.29. The summed E-state index contributed by atoms with van der Waals surface area (Å²) in [5.74, 6) is 4.16. The maximum atomic E-state index is 13.4. The second kappa shape index (κ2) is 11.2. The molecule has 2 amide bonds. The summed E-state index contributed by atoms with van der Waals surface area (Å²) in [7, 11) is 0. The van der Waals surface area contributed by atoms with Gasteiger partial charge in [0, 0.05) is 30.1 Å². The molecule has 7 nitrogen and oxygen atoms in total. The predicted octanol–water partition coefficient (Wildman–Crippen LogP) is 4.47. The zero-order chi connectivity index (χ0) is 26.4. The Labute approximate surface area is 209 Å². The summed E-state index contributed by atoms with van der Waals surface area (Å²) in [4.78, 5) is 31.2. The van der Waals surface area contributed by atoms with Crippen molar-refractivity contribution in [3.05, 3.63) is 65.7 Å². The Morgan fingerprint density at radius 3 is 2.68 bits per heavy atom. The van der Waals surface area contributed by atoms with E-state index in [1.807, 2.05) is 0 Å². The van der Waals surface area contributed by atoms with Crippen LogP contribution in [-0.2, 0) is 15.8 Å². The fraction of sp³-hybridized carbons (Fsp3) is 0.269. The molecular weight excluding hydrogens is 492 g/mol. The Balaban J connectivity index is 1.55. The highest BCUT2D eigenvalue weighted by Crippen LogP contribution is 2.33. The Morgan fingerprint density at radius 2 is 2.00 bits per heavy atom. The number of carbonyl (C=O) groups excluding carboxylic acids is 2. The van der Waals surface area contributed by atoms with Crippen LogP contribution in [0.15, 0.2) is 48.7 Å². The van der Waals surface area contributed by atoms with Gasteiger partial charge in [-0.25, -0.2) is 9.37 Å². The number of aromatic nitrogens is 2. The summed E-state index contributed by atoms with van der Waals surface area (Å²) in [6.45, 7) is 1.56. The maximum absolute atomic E-state index is 13.4. The number of H-pyrrole nitrogens is 1. The number of nitrogens with one attached hydrogen (secondary N) is 2. The normalized spacial score (nSPS) is 14.0. The summed E-state index contributed by atoms with van der Waals surface area (Å²) in [6.07, 6.45) is -1.58. The molecule has 1 fully saturated rings. The molecule has 1 aliphatic heterocycles. The smallest absolute Gasteiger partial charge is 0.432 e. The number of hydrogen-bond acceptors (Lipinski definition) is 4. The largest absolute Gasteiger partial charge is 0.491 e. The van der Waals surface area contributed by atoms with Gasteiger partial charge in [0.25, 0.3) is 0 Å². The van der Waals surface area contributed by atoms with Crippen LogP contribution in [0, 0.1) is 23.6 Å². The lowest BCUT2D eigenvalue weighted by atomic mass is 9.98. The molecule has 192 valence electrons. The highest BCUT2D eigenvalue weighted by molar-refractivity contribution is 6.05. The van der Waals surface area contributed by atoms with E-state index < -0.39 is 23.6 Å². The van der Waals surface area contributed by atoms with Crippen LogP contribution in [0.3, 0.4) is 0 Å². The van der Waals surface area contributed by atoms with E-state index in [0.717, 1.165) is 19.3 Å². The van der Waals surface area contributed by atoms with Gasteiger partial charge < -0.3 is 19.9 Å². The van der Waals surface area contributed by atoms with Crippen molar-refractivity contribution in [2.45, 2.75) is 19.0 Å². The van der Waals surface area contributed by atoms with Crippen molar-refractivity contribution in [3.63, 3.8) is 0 Å². The minimum absolute atomic E-state index is 0.0403. The molecule has 37 heavy (non-hydrogen) atoms. The fourth-order valence-corrected chi connectivity index (χ4v) is 3.79. The van der Waals surface area contributed by atoms with E-state index in [0.29, 0.717) is 37.2 Å². The van der Waals surface area contributed by atoms with E-state index in [-0.39, 0.29) is 23.0 Å². The molecule has 3 aromatic rings. The average molecular weight is 514 g/mol. The topological polar surface area (TPSA) is 87.3 Å². The number of anilines is 1. The van der Waals surface area contributed by atoms with Crippen molar-refractivity contribution in [2.75, 3.05) is 25.0 Å². The van der Waals surface area contributed by atoms with Crippen LogP contribution in [0.25, 0.3) is 11.4 Å². The number of imidazole rings is 1. The maximum Gasteiger partial charge on any atom is 0.432 e. The molecule has 2 heterocycles. The van der Waals surface area contributed by atoms with Gasteiger partial charge in [0.05, 0.1) is 18.5 Å². The zero-order valence-electron chi connectivity index (χ0n) is 19.4. The molecule has 0 radical (unpaired) electrons. The summed E-state index contributed by atoms with van der Waals surface area (Å²) in [6, 6.07) is 9.93. The molecule has 4 rings (SSSR count). The van der Waals surface area contributed by atoms with Gasteiger partial charge in [-0.15, -0.1) is 0 Å². The van der Waals surface area contributed by atoms with Gasteiger partial charge in [0.2, 0.25) is 6.41 Å². The van der Waals surface area contributed by atoms with Gasteiger partial charge in [-0.05, 0) is 55.2 Å². The lowest BCUT2D eigenvalue weighted by Crippen LogP contribution is -2.34. The van der Waals surface area contributed by atoms with Crippen LogP contribution in [0.5, 0.6) is 5.75 Å². The third-order valence-corrected chi connectivity index (χ3v) is 5.80. The van der Waals surface area contributed by atoms with E-state index in [1.165, 1.54) is 36.4 Å². The molecule has 2 N–H and O–H groups in total. The van der Waals surface area contributed by atoms with Crippen LogP contribution >= 0.6 is 0 Å². The second-order valence-electron chi connectivity index (χ2n) is 8.46. The molecule has 1 saturated heterocycles. The summed E-state index contributed by atoms with van der Waals surface area (Å²) >= 11 is 0. The third-order valence-electron chi connectivity index (χ3n) is 5.80. The summed E-state index contributed by atoms with van der Waals surface area (Å²) in [5, 5.41) is 2.60. The van der Waals surface area contributed by atoms with E-state index in [4.69, 9.17) is 4.74 Å². The standard InChI is InChI=1S/C26H22F4N4O3/c27-20-3-1-2-17(12-20)4-7-24(36)32-21-13-19(25-31-14-23(33-25)26(28,29)30)5-6-22(21)37-15-18-8-10-34(16-35)11-9-18/h1-3,5-6,12-14,16,18H,8-11,15H2,(H,31,33)(H,32,36). The number of hydrogen-bond donors (Lipinski definition) is 2. The van der Waals surface area contributed by atoms with Gasteiger partial charge in [-0.3, -0.25) is 9.59 Å². The molecule has 0 spiro atoms. The van der Waals surface area contributed by atoms with Crippen molar-refractivity contribution in [3.8, 4) is 29.0 Å². The van der Waals surface area contributed by atoms with Crippen molar-refractivity contribution in [1.29, 1.82) is 0 Å². The number of amides is 2. The minimum Gasteiger partial charge on any atom is -0.491 e. The molecule has 0 bridgehead atoms. The number of halogens is 4. The van der Waals surface area contributed by atoms with Gasteiger partial charge in [0.1, 0.15) is 23.1 Å². The van der Waals surface area contributed by atoms with Gasteiger partial charge in [0.15, 0.2) is 0 Å². The number of nitrogens with zero attached hydrogens (tertiary/aromatic N) is 2. The molecule has 0 atom stereocenters. The first kappa shape index (κ1) is 25.8. The SMILES string of the molecule is O=CN1CCC(COc2ccc(-c3ncc(C(F)(F)F)[nH]3)cc2NC(=O)C#Cc2cccc(F)c2)CC1. The van der Waals surface area contributed by atoms with E-state index in [9.17, 15) is 27.2 Å². The van der Waals surface area contributed by atoms with Gasteiger partial charge >= 0.3 is 12.1 Å². The van der Waals surface area contributed by atoms with E-state index in [1.54, 1.807) is 11.0 Å². The summed E-state index contributed by atoms with van der Waals surface area (Å²) < 4.78 is 58.3. The van der Waals surface area contributed by atoms with E-state index in [2.05, 4.69) is 27.1 Å². The fourth-order valence-electron chi connectivity index (χ4n) is 3.79.